The molecular weight excluding hydrogens is 186 g/mol. The van der Waals surface area contributed by atoms with Gasteiger partial charge in [-0.15, -0.1) is 0 Å². The van der Waals surface area contributed by atoms with Gasteiger partial charge in [0, 0.05) is 12.6 Å². The van der Waals surface area contributed by atoms with Crippen molar-refractivity contribution in [3.63, 3.8) is 0 Å². The first-order valence-corrected chi connectivity index (χ1v) is 6.64. The molecule has 0 amide bonds. The maximum absolute atomic E-state index is 5.89. The summed E-state index contributed by atoms with van der Waals surface area (Å²) in [5, 5.41) is 3.61. The first-order valence-electron chi connectivity index (χ1n) is 6.64. The minimum Gasteiger partial charge on any atom is -0.377 e. The fourth-order valence-corrected chi connectivity index (χ4v) is 1.85. The summed E-state index contributed by atoms with van der Waals surface area (Å²) in [6.07, 6.45) is 6.28. The Kier molecular flexibility index (Phi) is 10.4. The van der Waals surface area contributed by atoms with E-state index in [1.165, 1.54) is 19.3 Å². The zero-order valence-corrected chi connectivity index (χ0v) is 11.0. The predicted octanol–water partition coefficient (Wildman–Crippen LogP) is 3.36. The third kappa shape index (κ3) is 6.91. The molecule has 15 heavy (non-hydrogen) atoms. The first kappa shape index (κ1) is 14.9. The van der Waals surface area contributed by atoms with Crippen LogP contribution in [0.4, 0.5) is 0 Å². The monoisotopic (exact) mass is 215 g/mol. The normalized spacial score (nSPS) is 15.2. The molecule has 2 nitrogen and oxygen atoms in total. The second kappa shape index (κ2) is 10.4. The lowest BCUT2D eigenvalue weighted by Crippen LogP contribution is -2.41. The summed E-state index contributed by atoms with van der Waals surface area (Å²) in [7, 11) is 0. The molecular formula is C13H29NO. The van der Waals surface area contributed by atoms with Gasteiger partial charge in [-0.25, -0.2) is 0 Å². The molecule has 0 heterocycles. The zero-order chi connectivity index (χ0) is 11.5. The van der Waals surface area contributed by atoms with E-state index in [4.69, 9.17) is 4.74 Å². The molecule has 0 aliphatic carbocycles. The lowest BCUT2D eigenvalue weighted by Gasteiger charge is -2.27. The van der Waals surface area contributed by atoms with Gasteiger partial charge >= 0.3 is 0 Å². The van der Waals surface area contributed by atoms with Gasteiger partial charge in [0.15, 0.2) is 0 Å². The van der Waals surface area contributed by atoms with Crippen LogP contribution in [-0.2, 0) is 4.74 Å². The van der Waals surface area contributed by atoms with Crippen LogP contribution in [0.25, 0.3) is 0 Å². The Morgan fingerprint density at radius 1 is 1.00 bits per heavy atom. The lowest BCUT2D eigenvalue weighted by atomic mass is 10.0. The smallest absolute Gasteiger partial charge is 0.0725 e. The Morgan fingerprint density at radius 2 is 1.73 bits per heavy atom. The molecule has 0 aromatic carbocycles. The highest BCUT2D eigenvalue weighted by atomic mass is 16.5. The number of ether oxygens (including phenoxy) is 1. The van der Waals surface area contributed by atoms with E-state index in [0.717, 1.165) is 26.0 Å². The molecule has 0 bridgehead atoms. The Hall–Kier alpha value is -0.0800. The minimum atomic E-state index is 0.399. The summed E-state index contributed by atoms with van der Waals surface area (Å²) in [5.74, 6) is 0. The van der Waals surface area contributed by atoms with Gasteiger partial charge in [-0.3, -0.25) is 0 Å². The highest BCUT2D eigenvalue weighted by molar-refractivity contribution is 4.75. The van der Waals surface area contributed by atoms with E-state index in [2.05, 4.69) is 33.0 Å². The van der Waals surface area contributed by atoms with Crippen molar-refractivity contribution in [1.82, 2.24) is 5.32 Å². The van der Waals surface area contributed by atoms with Gasteiger partial charge < -0.3 is 10.1 Å². The molecule has 0 aliphatic rings. The first-order chi connectivity index (χ1) is 7.29. The van der Waals surface area contributed by atoms with Crippen LogP contribution in [0.3, 0.4) is 0 Å². The summed E-state index contributed by atoms with van der Waals surface area (Å²) in [4.78, 5) is 0. The Balaban J connectivity index is 4.00. The maximum Gasteiger partial charge on any atom is 0.0725 e. The fourth-order valence-electron chi connectivity index (χ4n) is 1.85. The second-order valence-electron chi connectivity index (χ2n) is 4.17. The van der Waals surface area contributed by atoms with Gasteiger partial charge in [0.05, 0.1) is 6.10 Å². The molecule has 0 saturated heterocycles. The van der Waals surface area contributed by atoms with Gasteiger partial charge in [-0.1, -0.05) is 34.1 Å². The van der Waals surface area contributed by atoms with E-state index in [0.29, 0.717) is 12.1 Å². The molecule has 0 aliphatic heterocycles. The molecule has 0 aromatic rings. The SMILES string of the molecule is CCCNC(CCC)C(CC)OCCC. The summed E-state index contributed by atoms with van der Waals surface area (Å²) in [6.45, 7) is 10.8. The number of nitrogens with one attached hydrogen (secondary N) is 1. The molecule has 0 saturated carbocycles. The average molecular weight is 215 g/mol. The van der Waals surface area contributed by atoms with E-state index in [1.54, 1.807) is 0 Å². The Labute approximate surface area is 95.8 Å². The Morgan fingerprint density at radius 3 is 2.20 bits per heavy atom. The molecule has 0 rings (SSSR count). The van der Waals surface area contributed by atoms with Crippen molar-refractivity contribution in [3.05, 3.63) is 0 Å². The fraction of sp³-hybridized carbons (Fsp3) is 1.00. The number of hydrogen-bond donors (Lipinski definition) is 1. The molecule has 2 atom stereocenters. The average Bonchev–Trinajstić information content (AvgIpc) is 2.26. The molecule has 0 fully saturated rings. The zero-order valence-electron chi connectivity index (χ0n) is 11.0. The van der Waals surface area contributed by atoms with Crippen LogP contribution in [0.1, 0.15) is 59.8 Å². The van der Waals surface area contributed by atoms with E-state index in [-0.39, 0.29) is 0 Å². The van der Waals surface area contributed by atoms with Crippen LogP contribution < -0.4 is 5.32 Å². The highest BCUT2D eigenvalue weighted by Gasteiger charge is 2.18. The predicted molar refractivity (Wildman–Crippen MR) is 67.3 cm³/mol. The van der Waals surface area contributed by atoms with Crippen molar-refractivity contribution < 1.29 is 4.74 Å². The van der Waals surface area contributed by atoms with Crippen LogP contribution >= 0.6 is 0 Å². The van der Waals surface area contributed by atoms with Crippen LogP contribution in [0.15, 0.2) is 0 Å². The Bertz CT molecular complexity index is 128. The van der Waals surface area contributed by atoms with Crippen molar-refractivity contribution in [2.45, 2.75) is 71.9 Å². The van der Waals surface area contributed by atoms with Gasteiger partial charge in [0.1, 0.15) is 0 Å². The standard InChI is InChI=1S/C13H29NO/c1-5-9-12(14-10-6-2)13(8-4)15-11-7-3/h12-14H,5-11H2,1-4H3. The third-order valence-corrected chi connectivity index (χ3v) is 2.64. The molecule has 2 heteroatoms. The van der Waals surface area contributed by atoms with Crippen molar-refractivity contribution >= 4 is 0 Å². The van der Waals surface area contributed by atoms with Crippen LogP contribution in [0.2, 0.25) is 0 Å². The molecule has 92 valence electrons. The largest absolute Gasteiger partial charge is 0.377 e. The maximum atomic E-state index is 5.89. The van der Waals surface area contributed by atoms with Crippen molar-refractivity contribution in [3.8, 4) is 0 Å². The summed E-state index contributed by atoms with van der Waals surface area (Å²) in [5.41, 5.74) is 0. The molecule has 0 spiro atoms. The topological polar surface area (TPSA) is 21.3 Å². The van der Waals surface area contributed by atoms with Crippen molar-refractivity contribution in [2.24, 2.45) is 0 Å². The van der Waals surface area contributed by atoms with Crippen molar-refractivity contribution in [1.29, 1.82) is 0 Å². The van der Waals surface area contributed by atoms with Crippen LogP contribution in [0, 0.1) is 0 Å². The van der Waals surface area contributed by atoms with Crippen molar-refractivity contribution in [2.75, 3.05) is 13.2 Å². The summed E-state index contributed by atoms with van der Waals surface area (Å²) < 4.78 is 5.89. The van der Waals surface area contributed by atoms with Gasteiger partial charge in [0.2, 0.25) is 0 Å². The van der Waals surface area contributed by atoms with E-state index in [1.807, 2.05) is 0 Å². The van der Waals surface area contributed by atoms with E-state index >= 15 is 0 Å². The second-order valence-corrected chi connectivity index (χ2v) is 4.17. The molecule has 0 aromatic heterocycles. The molecule has 1 N–H and O–H groups in total. The van der Waals surface area contributed by atoms with Gasteiger partial charge in [-0.2, -0.15) is 0 Å². The van der Waals surface area contributed by atoms with Gasteiger partial charge in [0.25, 0.3) is 0 Å². The molecule has 2 unspecified atom stereocenters. The summed E-state index contributed by atoms with van der Waals surface area (Å²) >= 11 is 0. The number of hydrogen-bond acceptors (Lipinski definition) is 2. The highest BCUT2D eigenvalue weighted by Crippen LogP contribution is 2.10. The quantitative estimate of drug-likeness (QED) is 0.603. The third-order valence-electron chi connectivity index (χ3n) is 2.64. The van der Waals surface area contributed by atoms with E-state index < -0.39 is 0 Å². The minimum absolute atomic E-state index is 0.399. The van der Waals surface area contributed by atoms with E-state index in [9.17, 15) is 0 Å². The van der Waals surface area contributed by atoms with Crippen LogP contribution in [0.5, 0.6) is 0 Å². The van der Waals surface area contributed by atoms with Crippen LogP contribution in [-0.4, -0.2) is 25.3 Å². The lowest BCUT2D eigenvalue weighted by molar-refractivity contribution is 0.0219. The summed E-state index contributed by atoms with van der Waals surface area (Å²) in [6, 6.07) is 0.548. The molecule has 0 radical (unpaired) electrons. The van der Waals surface area contributed by atoms with Gasteiger partial charge in [-0.05, 0) is 32.2 Å². The number of rotatable bonds is 10.